The van der Waals surface area contributed by atoms with Crippen molar-refractivity contribution in [2.24, 2.45) is 5.14 Å². The molecule has 8 heteroatoms. The zero-order valence-electron chi connectivity index (χ0n) is 13.0. The van der Waals surface area contributed by atoms with E-state index in [1.54, 1.807) is 36.7 Å². The van der Waals surface area contributed by atoms with Crippen molar-refractivity contribution in [1.82, 2.24) is 9.88 Å². The maximum absolute atomic E-state index is 12.1. The molecule has 1 aromatic heterocycles. The Bertz CT molecular complexity index is 853. The van der Waals surface area contributed by atoms with Gasteiger partial charge in [-0.05, 0) is 41.8 Å². The van der Waals surface area contributed by atoms with E-state index in [9.17, 15) is 13.2 Å². The summed E-state index contributed by atoms with van der Waals surface area (Å²) in [5, 5.41) is 7.96. The lowest BCUT2D eigenvalue weighted by atomic mass is 10.00. The number of aromatic nitrogens is 1. The predicted octanol–water partition coefficient (Wildman–Crippen LogP) is 0.726. The summed E-state index contributed by atoms with van der Waals surface area (Å²) in [4.78, 5) is 18.2. The van der Waals surface area contributed by atoms with Crippen molar-refractivity contribution in [3.63, 3.8) is 0 Å². The van der Waals surface area contributed by atoms with Gasteiger partial charge in [-0.15, -0.1) is 0 Å². The highest BCUT2D eigenvalue weighted by Crippen LogP contribution is 2.22. The minimum Gasteiger partial charge on any atom is -0.324 e. The second kappa shape index (κ2) is 6.68. The molecule has 3 N–H and O–H groups in total. The molecule has 0 saturated heterocycles. The first-order valence-electron chi connectivity index (χ1n) is 7.49. The van der Waals surface area contributed by atoms with Crippen molar-refractivity contribution >= 4 is 21.6 Å². The normalized spacial score (nSPS) is 14.9. The number of primary sulfonamides is 1. The predicted molar refractivity (Wildman–Crippen MR) is 89.7 cm³/mol. The third kappa shape index (κ3) is 3.97. The van der Waals surface area contributed by atoms with Crippen LogP contribution in [-0.2, 0) is 27.8 Å². The van der Waals surface area contributed by atoms with Gasteiger partial charge in [0, 0.05) is 19.3 Å². The molecule has 7 nitrogen and oxygen atoms in total. The van der Waals surface area contributed by atoms with Crippen LogP contribution >= 0.6 is 0 Å². The van der Waals surface area contributed by atoms with Crippen molar-refractivity contribution in [1.29, 1.82) is 0 Å². The third-order valence-corrected chi connectivity index (χ3v) is 4.82. The molecule has 1 aromatic carbocycles. The Morgan fingerprint density at radius 3 is 2.83 bits per heavy atom. The van der Waals surface area contributed by atoms with Crippen molar-refractivity contribution in [2.75, 3.05) is 18.4 Å². The number of hydrogen-bond donors (Lipinski definition) is 2. The number of rotatable bonds is 4. The summed E-state index contributed by atoms with van der Waals surface area (Å²) in [7, 11) is -3.69. The highest BCUT2D eigenvalue weighted by Gasteiger charge is 2.20. The van der Waals surface area contributed by atoms with Crippen LogP contribution in [0, 0.1) is 0 Å². The number of nitrogens with two attached hydrogens (primary N) is 1. The number of nitrogens with one attached hydrogen (secondary N) is 1. The first-order chi connectivity index (χ1) is 11.4. The van der Waals surface area contributed by atoms with Crippen molar-refractivity contribution in [3.8, 4) is 0 Å². The molecule has 0 atom stereocenters. The largest absolute Gasteiger partial charge is 0.324 e. The lowest BCUT2D eigenvalue weighted by molar-refractivity contribution is -0.117. The summed E-state index contributed by atoms with van der Waals surface area (Å²) < 4.78 is 22.8. The van der Waals surface area contributed by atoms with E-state index in [2.05, 4.69) is 10.3 Å². The highest BCUT2D eigenvalue weighted by atomic mass is 32.2. The van der Waals surface area contributed by atoms with Crippen LogP contribution in [0.3, 0.4) is 0 Å². The Morgan fingerprint density at radius 2 is 2.12 bits per heavy atom. The van der Waals surface area contributed by atoms with Gasteiger partial charge in [-0.3, -0.25) is 14.7 Å². The summed E-state index contributed by atoms with van der Waals surface area (Å²) in [5.41, 5.74) is 2.64. The number of amides is 1. The summed E-state index contributed by atoms with van der Waals surface area (Å²) in [6, 6.07) is 8.44. The quantitative estimate of drug-likeness (QED) is 0.849. The zero-order valence-corrected chi connectivity index (χ0v) is 13.8. The van der Waals surface area contributed by atoms with Crippen LogP contribution in [0.1, 0.15) is 11.1 Å². The van der Waals surface area contributed by atoms with E-state index in [1.165, 1.54) is 6.07 Å². The maximum Gasteiger partial charge on any atom is 0.238 e. The molecule has 1 amide bonds. The molecule has 0 bridgehead atoms. The molecule has 0 radical (unpaired) electrons. The van der Waals surface area contributed by atoms with Gasteiger partial charge in [-0.1, -0.05) is 6.07 Å². The summed E-state index contributed by atoms with van der Waals surface area (Å²) in [6.45, 7) is 1.55. The van der Waals surface area contributed by atoms with Gasteiger partial charge < -0.3 is 5.32 Å². The molecule has 3 rings (SSSR count). The Morgan fingerprint density at radius 1 is 1.29 bits per heavy atom. The van der Waals surface area contributed by atoms with E-state index in [0.717, 1.165) is 11.1 Å². The molecular formula is C16H18N4O3S. The second-order valence-corrected chi connectivity index (χ2v) is 7.29. The molecule has 0 fully saturated rings. The van der Waals surface area contributed by atoms with Crippen LogP contribution in [0.4, 0.5) is 5.69 Å². The van der Waals surface area contributed by atoms with E-state index in [-0.39, 0.29) is 17.3 Å². The lowest BCUT2D eigenvalue weighted by Gasteiger charge is -2.28. The Hall–Kier alpha value is -2.29. The molecular weight excluding hydrogens is 328 g/mol. The number of hydrogen-bond acceptors (Lipinski definition) is 5. The van der Waals surface area contributed by atoms with E-state index in [1.807, 2.05) is 4.90 Å². The van der Waals surface area contributed by atoms with Crippen LogP contribution < -0.4 is 10.5 Å². The lowest BCUT2D eigenvalue weighted by Crippen LogP contribution is -2.37. The van der Waals surface area contributed by atoms with Crippen molar-refractivity contribution < 1.29 is 13.2 Å². The number of carbonyl (C=O) groups excluding carboxylic acids is 1. The number of sulfonamides is 1. The fraction of sp³-hybridized carbons (Fsp3) is 0.250. The zero-order chi connectivity index (χ0) is 17.2. The monoisotopic (exact) mass is 346 g/mol. The van der Waals surface area contributed by atoms with Crippen molar-refractivity contribution in [3.05, 3.63) is 53.9 Å². The van der Waals surface area contributed by atoms with E-state index < -0.39 is 10.0 Å². The van der Waals surface area contributed by atoms with Gasteiger partial charge >= 0.3 is 0 Å². The molecule has 0 spiro atoms. The van der Waals surface area contributed by atoms with Crippen LogP contribution in [0.25, 0.3) is 0 Å². The van der Waals surface area contributed by atoms with Gasteiger partial charge in [-0.25, -0.2) is 13.6 Å². The number of nitrogens with zero attached hydrogens (tertiary/aromatic N) is 2. The third-order valence-electron chi connectivity index (χ3n) is 3.91. The SMILES string of the molecule is NS(=O)(=O)c1ccc2c(c1)CCN(CC(=O)Nc1cccnc1)C2. The molecule has 0 unspecified atom stereocenters. The van der Waals surface area contributed by atoms with Crippen LogP contribution in [0.15, 0.2) is 47.6 Å². The summed E-state index contributed by atoms with van der Waals surface area (Å²) in [6.07, 6.45) is 3.92. The minimum atomic E-state index is -3.69. The fourth-order valence-electron chi connectivity index (χ4n) is 2.74. The number of benzene rings is 1. The van der Waals surface area contributed by atoms with Gasteiger partial charge in [0.25, 0.3) is 0 Å². The molecule has 2 aromatic rings. The molecule has 1 aliphatic rings. The molecule has 126 valence electrons. The standard InChI is InChI=1S/C16H18N4O3S/c17-24(22,23)15-4-3-13-10-20(7-5-12(13)8-15)11-16(21)19-14-2-1-6-18-9-14/h1-4,6,8-9H,5,7,10-11H2,(H,19,21)(H2,17,22,23). The van der Waals surface area contributed by atoms with E-state index >= 15 is 0 Å². The average molecular weight is 346 g/mol. The van der Waals surface area contributed by atoms with Gasteiger partial charge in [0.05, 0.1) is 23.3 Å². The summed E-state index contributed by atoms with van der Waals surface area (Å²) in [5.74, 6) is -0.104. The average Bonchev–Trinajstić information content (AvgIpc) is 2.54. The fourth-order valence-corrected chi connectivity index (χ4v) is 3.30. The number of carbonyl (C=O) groups is 1. The van der Waals surface area contributed by atoms with Crippen LogP contribution in [0.2, 0.25) is 0 Å². The number of anilines is 1. The Balaban J connectivity index is 1.64. The van der Waals surface area contributed by atoms with E-state index in [0.29, 0.717) is 25.2 Å². The van der Waals surface area contributed by atoms with Gasteiger partial charge in [-0.2, -0.15) is 0 Å². The van der Waals surface area contributed by atoms with Crippen LogP contribution in [0.5, 0.6) is 0 Å². The maximum atomic E-state index is 12.1. The van der Waals surface area contributed by atoms with Gasteiger partial charge in [0.15, 0.2) is 0 Å². The molecule has 0 saturated carbocycles. The first-order valence-corrected chi connectivity index (χ1v) is 9.03. The molecule has 24 heavy (non-hydrogen) atoms. The van der Waals surface area contributed by atoms with Crippen molar-refractivity contribution in [2.45, 2.75) is 17.9 Å². The molecule has 0 aliphatic carbocycles. The highest BCUT2D eigenvalue weighted by molar-refractivity contribution is 7.89. The minimum absolute atomic E-state index is 0.104. The summed E-state index contributed by atoms with van der Waals surface area (Å²) >= 11 is 0. The Kier molecular flexibility index (Phi) is 4.61. The van der Waals surface area contributed by atoms with Gasteiger partial charge in [0.1, 0.15) is 0 Å². The number of pyridine rings is 1. The van der Waals surface area contributed by atoms with E-state index in [4.69, 9.17) is 5.14 Å². The number of fused-ring (bicyclic) bond motifs is 1. The van der Waals surface area contributed by atoms with Gasteiger partial charge in [0.2, 0.25) is 15.9 Å². The molecule has 2 heterocycles. The Labute approximate surface area is 140 Å². The smallest absolute Gasteiger partial charge is 0.238 e. The second-order valence-electron chi connectivity index (χ2n) is 5.73. The topological polar surface area (TPSA) is 105 Å². The first kappa shape index (κ1) is 16.6. The molecule has 1 aliphatic heterocycles. The van der Waals surface area contributed by atoms with Crippen LogP contribution in [-0.4, -0.2) is 37.3 Å².